The van der Waals surface area contributed by atoms with Crippen LogP contribution in [0.25, 0.3) is 10.8 Å². The van der Waals surface area contributed by atoms with Gasteiger partial charge in [0.2, 0.25) is 11.8 Å². The van der Waals surface area contributed by atoms with Gasteiger partial charge in [-0.15, -0.1) is 12.4 Å². The van der Waals surface area contributed by atoms with E-state index in [-0.39, 0.29) is 36.4 Å². The number of halogens is 1. The number of ether oxygens (including phenoxy) is 1. The Morgan fingerprint density at radius 3 is 2.33 bits per heavy atom. The molecule has 0 saturated heterocycles. The summed E-state index contributed by atoms with van der Waals surface area (Å²) >= 11 is 0. The first kappa shape index (κ1) is 27.7. The Balaban J connectivity index is 0.00000361. The van der Waals surface area contributed by atoms with Gasteiger partial charge in [-0.3, -0.25) is 9.59 Å². The SMILES string of the molecule is CNC(C)C(=O)NC1CCc2ccccc2N(Cc2ccc(COC(C)C)c3ccccc23)C1=O.Cl. The number of carbonyl (C=O) groups is 2. The van der Waals surface area contributed by atoms with Crippen LogP contribution in [0.4, 0.5) is 5.69 Å². The largest absolute Gasteiger partial charge is 0.374 e. The van der Waals surface area contributed by atoms with Crippen LogP contribution in [0.15, 0.2) is 60.7 Å². The minimum atomic E-state index is -0.573. The zero-order valence-electron chi connectivity index (χ0n) is 21.4. The average molecular weight is 510 g/mol. The van der Waals surface area contributed by atoms with Gasteiger partial charge >= 0.3 is 0 Å². The van der Waals surface area contributed by atoms with Crippen molar-refractivity contribution in [3.63, 3.8) is 0 Å². The molecule has 6 nitrogen and oxygen atoms in total. The molecule has 1 heterocycles. The Bertz CT molecular complexity index is 1210. The van der Waals surface area contributed by atoms with Gasteiger partial charge in [0.15, 0.2) is 0 Å². The Labute approximate surface area is 219 Å². The number of para-hydroxylation sites is 1. The van der Waals surface area contributed by atoms with E-state index >= 15 is 0 Å². The number of hydrogen-bond acceptors (Lipinski definition) is 4. The monoisotopic (exact) mass is 509 g/mol. The van der Waals surface area contributed by atoms with E-state index in [2.05, 4.69) is 41.0 Å². The smallest absolute Gasteiger partial charge is 0.249 e. The number of anilines is 1. The molecule has 0 aliphatic carbocycles. The van der Waals surface area contributed by atoms with Gasteiger partial charge in [0.25, 0.3) is 0 Å². The molecule has 1 aliphatic heterocycles. The number of amides is 2. The topological polar surface area (TPSA) is 70.7 Å². The predicted octanol–water partition coefficient (Wildman–Crippen LogP) is 4.76. The maximum absolute atomic E-state index is 13.8. The van der Waals surface area contributed by atoms with Crippen molar-refractivity contribution < 1.29 is 14.3 Å². The Hall–Kier alpha value is -2.93. The van der Waals surface area contributed by atoms with Gasteiger partial charge in [-0.25, -0.2) is 0 Å². The molecule has 36 heavy (non-hydrogen) atoms. The first-order valence-corrected chi connectivity index (χ1v) is 12.4. The lowest BCUT2D eigenvalue weighted by Crippen LogP contribution is -2.52. The molecule has 0 saturated carbocycles. The van der Waals surface area contributed by atoms with Crippen LogP contribution >= 0.6 is 12.4 Å². The molecule has 1 aliphatic rings. The molecule has 2 unspecified atom stereocenters. The van der Waals surface area contributed by atoms with Crippen molar-refractivity contribution >= 4 is 40.7 Å². The van der Waals surface area contributed by atoms with E-state index in [0.29, 0.717) is 19.6 Å². The highest BCUT2D eigenvalue weighted by Gasteiger charge is 2.32. The minimum absolute atomic E-state index is 0. The lowest BCUT2D eigenvalue weighted by molar-refractivity contribution is -0.128. The van der Waals surface area contributed by atoms with Crippen molar-refractivity contribution in [1.29, 1.82) is 0 Å². The molecule has 3 aromatic carbocycles. The fourth-order valence-electron chi connectivity index (χ4n) is 4.55. The average Bonchev–Trinajstić information content (AvgIpc) is 2.99. The number of carbonyl (C=O) groups excluding carboxylic acids is 2. The highest BCUT2D eigenvalue weighted by molar-refractivity contribution is 6.01. The lowest BCUT2D eigenvalue weighted by atomic mass is 9.99. The molecule has 192 valence electrons. The first-order valence-electron chi connectivity index (χ1n) is 12.4. The highest BCUT2D eigenvalue weighted by Crippen LogP contribution is 2.31. The van der Waals surface area contributed by atoms with Crippen molar-refractivity contribution in [2.24, 2.45) is 0 Å². The fraction of sp³-hybridized carbons (Fsp3) is 0.379. The summed E-state index contributed by atoms with van der Waals surface area (Å²) in [6.07, 6.45) is 1.45. The molecule has 2 N–H and O–H groups in total. The van der Waals surface area contributed by atoms with Gasteiger partial charge in [0, 0.05) is 5.69 Å². The molecular formula is C29H36ClN3O3. The number of aryl methyl sites for hydroxylation is 1. The van der Waals surface area contributed by atoms with E-state index in [1.54, 1.807) is 14.0 Å². The third-order valence-electron chi connectivity index (χ3n) is 6.70. The standard InChI is InChI=1S/C29H35N3O3.ClH/c1-19(2)35-18-23-14-13-22(24-10-6-7-11-25(23)24)17-32-27-12-8-5-9-21(27)15-16-26(29(32)34)31-28(33)20(3)30-4;/h5-14,19-20,26,30H,15-18H2,1-4H3,(H,31,33);1H. The molecular weight excluding hydrogens is 474 g/mol. The maximum atomic E-state index is 13.8. The number of hydrogen-bond donors (Lipinski definition) is 2. The van der Waals surface area contributed by atoms with Crippen molar-refractivity contribution in [2.75, 3.05) is 11.9 Å². The van der Waals surface area contributed by atoms with Crippen LogP contribution in [0.1, 0.15) is 43.9 Å². The summed E-state index contributed by atoms with van der Waals surface area (Å²) in [5.41, 5.74) is 4.22. The van der Waals surface area contributed by atoms with Crippen LogP contribution < -0.4 is 15.5 Å². The number of fused-ring (bicyclic) bond motifs is 2. The van der Waals surface area contributed by atoms with Crippen molar-refractivity contribution in [3.05, 3.63) is 77.4 Å². The molecule has 3 aromatic rings. The third-order valence-corrected chi connectivity index (χ3v) is 6.70. The molecule has 0 radical (unpaired) electrons. The summed E-state index contributed by atoms with van der Waals surface area (Å²) in [4.78, 5) is 28.3. The zero-order valence-corrected chi connectivity index (χ0v) is 22.2. The number of likely N-dealkylation sites (N-methyl/N-ethyl adjacent to an activating group) is 1. The normalized spacial score (nSPS) is 16.3. The van der Waals surface area contributed by atoms with Crippen LogP contribution in [-0.4, -0.2) is 37.0 Å². The second-order valence-corrected chi connectivity index (χ2v) is 9.45. The quantitative estimate of drug-likeness (QED) is 0.459. The van der Waals surface area contributed by atoms with E-state index in [1.165, 1.54) is 0 Å². The highest BCUT2D eigenvalue weighted by atomic mass is 35.5. The number of nitrogens with zero attached hydrogens (tertiary/aromatic N) is 1. The van der Waals surface area contributed by atoms with E-state index in [4.69, 9.17) is 4.74 Å². The Kier molecular flexibility index (Phi) is 9.49. The maximum Gasteiger partial charge on any atom is 0.249 e. The van der Waals surface area contributed by atoms with Crippen LogP contribution in [0, 0.1) is 0 Å². The summed E-state index contributed by atoms with van der Waals surface area (Å²) in [5.74, 6) is -0.250. The number of nitrogens with one attached hydrogen (secondary N) is 2. The van der Waals surface area contributed by atoms with Gasteiger partial charge in [0.1, 0.15) is 6.04 Å². The van der Waals surface area contributed by atoms with Crippen LogP contribution in [0.2, 0.25) is 0 Å². The molecule has 2 atom stereocenters. The van der Waals surface area contributed by atoms with Gasteiger partial charge in [-0.2, -0.15) is 0 Å². The summed E-state index contributed by atoms with van der Waals surface area (Å²) in [7, 11) is 1.74. The second-order valence-electron chi connectivity index (χ2n) is 9.45. The van der Waals surface area contributed by atoms with Crippen molar-refractivity contribution in [2.45, 2.75) is 65.0 Å². The number of rotatable bonds is 8. The van der Waals surface area contributed by atoms with Crippen LogP contribution in [0.5, 0.6) is 0 Å². The summed E-state index contributed by atoms with van der Waals surface area (Å²) in [5, 5.41) is 8.16. The summed E-state index contributed by atoms with van der Waals surface area (Å²) in [6, 6.07) is 19.6. The molecule has 2 amide bonds. The van der Waals surface area contributed by atoms with E-state index in [0.717, 1.165) is 39.6 Å². The Morgan fingerprint density at radius 1 is 1.00 bits per heavy atom. The molecule has 0 aromatic heterocycles. The molecule has 0 spiro atoms. The van der Waals surface area contributed by atoms with Gasteiger partial charge < -0.3 is 20.3 Å². The van der Waals surface area contributed by atoms with E-state index < -0.39 is 6.04 Å². The Morgan fingerprint density at radius 2 is 1.64 bits per heavy atom. The predicted molar refractivity (Wildman–Crippen MR) is 148 cm³/mol. The third kappa shape index (κ3) is 6.06. The zero-order chi connectivity index (χ0) is 24.9. The van der Waals surface area contributed by atoms with Gasteiger partial charge in [0.05, 0.1) is 25.3 Å². The first-order chi connectivity index (χ1) is 16.9. The van der Waals surface area contributed by atoms with Gasteiger partial charge in [-0.05, 0) is 74.2 Å². The molecule has 0 bridgehead atoms. The molecule has 7 heteroatoms. The van der Waals surface area contributed by atoms with Crippen LogP contribution in [-0.2, 0) is 33.9 Å². The van der Waals surface area contributed by atoms with E-state index in [1.807, 2.05) is 49.1 Å². The van der Waals surface area contributed by atoms with Crippen molar-refractivity contribution in [3.8, 4) is 0 Å². The van der Waals surface area contributed by atoms with Gasteiger partial charge in [-0.1, -0.05) is 54.6 Å². The van der Waals surface area contributed by atoms with Crippen LogP contribution in [0.3, 0.4) is 0 Å². The van der Waals surface area contributed by atoms with Crippen molar-refractivity contribution in [1.82, 2.24) is 10.6 Å². The minimum Gasteiger partial charge on any atom is -0.374 e. The summed E-state index contributed by atoms with van der Waals surface area (Å²) < 4.78 is 5.88. The van der Waals surface area contributed by atoms with E-state index in [9.17, 15) is 9.59 Å². The second kappa shape index (κ2) is 12.3. The summed E-state index contributed by atoms with van der Waals surface area (Å²) in [6.45, 7) is 6.83. The molecule has 4 rings (SSSR count). The molecule has 0 fully saturated rings. The lowest BCUT2D eigenvalue weighted by Gasteiger charge is -2.27. The fourth-order valence-corrected chi connectivity index (χ4v) is 4.55. The number of benzene rings is 3.